The molecule has 1 atom stereocenters. The Hall–Kier alpha value is -4.14. The summed E-state index contributed by atoms with van der Waals surface area (Å²) < 4.78 is 28.9. The quantitative estimate of drug-likeness (QED) is 0.228. The summed E-state index contributed by atoms with van der Waals surface area (Å²) in [6.45, 7) is 3.76. The van der Waals surface area contributed by atoms with Crippen LogP contribution in [0.2, 0.25) is 5.02 Å². The number of nitrogens with one attached hydrogen (secondary N) is 1. The maximum absolute atomic E-state index is 14.3. The molecule has 4 aromatic carbocycles. The lowest BCUT2D eigenvalue weighted by Crippen LogP contribution is -2.53. The summed E-state index contributed by atoms with van der Waals surface area (Å²) in [5.74, 6) is -0.829. The first kappa shape index (κ1) is 30.8. The van der Waals surface area contributed by atoms with Crippen LogP contribution >= 0.6 is 11.6 Å². The second-order valence-corrected chi connectivity index (χ2v) is 12.2. The largest absolute Gasteiger partial charge is 0.355 e. The number of amides is 2. The number of carbonyl (C=O) groups is 2. The molecule has 0 bridgehead atoms. The van der Waals surface area contributed by atoms with Gasteiger partial charge in [-0.1, -0.05) is 90.0 Å². The minimum atomic E-state index is -4.15. The number of hydrogen-bond acceptors (Lipinski definition) is 4. The van der Waals surface area contributed by atoms with Crippen molar-refractivity contribution in [1.29, 1.82) is 0 Å². The third kappa shape index (κ3) is 7.78. The summed E-state index contributed by atoms with van der Waals surface area (Å²) in [7, 11) is -4.15. The summed E-state index contributed by atoms with van der Waals surface area (Å²) in [5.41, 5.74) is 2.99. The molecule has 0 aromatic heterocycles. The van der Waals surface area contributed by atoms with Gasteiger partial charge >= 0.3 is 0 Å². The first-order chi connectivity index (χ1) is 20.2. The predicted molar refractivity (Wildman–Crippen MR) is 167 cm³/mol. The van der Waals surface area contributed by atoms with E-state index in [1.54, 1.807) is 42.5 Å². The Balaban J connectivity index is 1.78. The van der Waals surface area contributed by atoms with Gasteiger partial charge in [-0.05, 0) is 61.4 Å². The van der Waals surface area contributed by atoms with Gasteiger partial charge in [-0.25, -0.2) is 8.42 Å². The van der Waals surface area contributed by atoms with Gasteiger partial charge < -0.3 is 10.2 Å². The van der Waals surface area contributed by atoms with Crippen LogP contribution in [0, 0.1) is 6.92 Å². The van der Waals surface area contributed by atoms with Crippen LogP contribution in [-0.4, -0.2) is 44.3 Å². The molecule has 0 saturated carbocycles. The average molecular weight is 604 g/mol. The maximum Gasteiger partial charge on any atom is 0.264 e. The van der Waals surface area contributed by atoms with Gasteiger partial charge in [0.25, 0.3) is 10.0 Å². The van der Waals surface area contributed by atoms with E-state index in [0.717, 1.165) is 21.0 Å². The van der Waals surface area contributed by atoms with Crippen LogP contribution in [0.25, 0.3) is 0 Å². The van der Waals surface area contributed by atoms with Crippen LogP contribution in [0.4, 0.5) is 5.69 Å². The number of sulfonamides is 1. The van der Waals surface area contributed by atoms with Gasteiger partial charge in [0.15, 0.2) is 0 Å². The molecule has 218 valence electrons. The first-order valence-corrected chi connectivity index (χ1v) is 15.5. The minimum Gasteiger partial charge on any atom is -0.355 e. The van der Waals surface area contributed by atoms with Gasteiger partial charge in [0.05, 0.1) is 10.6 Å². The normalized spacial score (nSPS) is 11.9. The Morgan fingerprint density at radius 2 is 1.45 bits per heavy atom. The number of aryl methyl sites for hydroxylation is 1. The van der Waals surface area contributed by atoms with E-state index in [9.17, 15) is 18.0 Å². The highest BCUT2D eigenvalue weighted by Gasteiger charge is 2.34. The molecule has 0 heterocycles. The van der Waals surface area contributed by atoms with Crippen molar-refractivity contribution >= 4 is 39.1 Å². The van der Waals surface area contributed by atoms with Crippen molar-refractivity contribution in [2.45, 2.75) is 37.8 Å². The molecule has 0 aliphatic rings. The van der Waals surface area contributed by atoms with E-state index in [2.05, 4.69) is 5.32 Å². The minimum absolute atomic E-state index is 0.0440. The molecule has 0 aliphatic heterocycles. The number of carbonyl (C=O) groups excluding carboxylic acids is 2. The van der Waals surface area contributed by atoms with Crippen molar-refractivity contribution in [2.75, 3.05) is 17.4 Å². The molecule has 1 N–H and O–H groups in total. The lowest BCUT2D eigenvalue weighted by atomic mass is 10.0. The van der Waals surface area contributed by atoms with Crippen LogP contribution in [0.15, 0.2) is 114 Å². The van der Waals surface area contributed by atoms with Crippen molar-refractivity contribution in [3.05, 3.63) is 131 Å². The van der Waals surface area contributed by atoms with E-state index in [1.165, 1.54) is 17.0 Å². The molecule has 0 unspecified atom stereocenters. The molecule has 0 radical (unpaired) electrons. The van der Waals surface area contributed by atoms with Crippen LogP contribution in [0.5, 0.6) is 0 Å². The summed E-state index contributed by atoms with van der Waals surface area (Å²) in [6, 6.07) is 30.5. The topological polar surface area (TPSA) is 86.8 Å². The molecule has 7 nitrogen and oxygen atoms in total. The lowest BCUT2D eigenvalue weighted by molar-refractivity contribution is -0.140. The number of anilines is 1. The molecule has 42 heavy (non-hydrogen) atoms. The molecule has 0 fully saturated rings. The van der Waals surface area contributed by atoms with E-state index in [4.69, 9.17) is 11.6 Å². The van der Waals surface area contributed by atoms with E-state index in [-0.39, 0.29) is 29.5 Å². The second-order valence-electron chi connectivity index (χ2n) is 9.91. The van der Waals surface area contributed by atoms with Gasteiger partial charge in [-0.3, -0.25) is 13.9 Å². The number of nitrogens with zero attached hydrogens (tertiary/aromatic N) is 2. The van der Waals surface area contributed by atoms with Crippen LogP contribution in [0.3, 0.4) is 0 Å². The van der Waals surface area contributed by atoms with E-state index in [1.807, 2.05) is 68.4 Å². The van der Waals surface area contributed by atoms with E-state index < -0.39 is 28.5 Å². The molecule has 2 amide bonds. The zero-order valence-corrected chi connectivity index (χ0v) is 25.2. The molecule has 0 aliphatic carbocycles. The lowest BCUT2D eigenvalue weighted by Gasteiger charge is -2.34. The standard InChI is InChI=1S/C33H34ClN3O4S/c1-3-35-33(39)31(22-26-12-6-4-7-13-26)36(23-27-14-10-11-25(2)21-27)32(38)24-37(29-19-17-28(34)18-20-29)42(40,41)30-15-8-5-9-16-30/h4-21,31H,3,22-24H2,1-2H3,(H,35,39)/t31-/m0/s1. The molecule has 9 heteroatoms. The highest BCUT2D eigenvalue weighted by molar-refractivity contribution is 7.92. The summed E-state index contributed by atoms with van der Waals surface area (Å²) >= 11 is 6.10. The predicted octanol–water partition coefficient (Wildman–Crippen LogP) is 5.62. The van der Waals surface area contributed by atoms with Crippen LogP contribution in [0.1, 0.15) is 23.6 Å². The third-order valence-electron chi connectivity index (χ3n) is 6.78. The smallest absolute Gasteiger partial charge is 0.264 e. The Labute approximate surface area is 252 Å². The summed E-state index contributed by atoms with van der Waals surface area (Å²) in [6.07, 6.45) is 0.261. The van der Waals surface area contributed by atoms with Gasteiger partial charge in [-0.2, -0.15) is 0 Å². The van der Waals surface area contributed by atoms with Gasteiger partial charge in [0.2, 0.25) is 11.8 Å². The van der Waals surface area contributed by atoms with E-state index >= 15 is 0 Å². The van der Waals surface area contributed by atoms with E-state index in [0.29, 0.717) is 11.6 Å². The van der Waals surface area contributed by atoms with Crippen LogP contribution in [-0.2, 0) is 32.6 Å². The zero-order valence-electron chi connectivity index (χ0n) is 23.6. The fraction of sp³-hybridized carbons (Fsp3) is 0.212. The second kappa shape index (κ2) is 14.2. The van der Waals surface area contributed by atoms with Crippen molar-refractivity contribution in [1.82, 2.24) is 10.2 Å². The van der Waals surface area contributed by atoms with Gasteiger partial charge in [0.1, 0.15) is 12.6 Å². The van der Waals surface area contributed by atoms with Gasteiger partial charge in [-0.15, -0.1) is 0 Å². The monoisotopic (exact) mass is 603 g/mol. The maximum atomic E-state index is 14.3. The number of hydrogen-bond donors (Lipinski definition) is 1. The Kier molecular flexibility index (Phi) is 10.4. The van der Waals surface area contributed by atoms with Crippen molar-refractivity contribution in [3.8, 4) is 0 Å². The average Bonchev–Trinajstić information content (AvgIpc) is 2.99. The Morgan fingerprint density at radius 3 is 2.07 bits per heavy atom. The number of likely N-dealkylation sites (N-methyl/N-ethyl adjacent to an activating group) is 1. The highest BCUT2D eigenvalue weighted by Crippen LogP contribution is 2.26. The summed E-state index contributed by atoms with van der Waals surface area (Å²) in [5, 5.41) is 3.30. The molecule has 0 spiro atoms. The molecular formula is C33H34ClN3O4S. The van der Waals surface area contributed by atoms with Crippen molar-refractivity contribution in [2.24, 2.45) is 0 Å². The molecule has 4 aromatic rings. The zero-order chi connectivity index (χ0) is 30.1. The Bertz CT molecular complexity index is 1600. The number of rotatable bonds is 12. The van der Waals surface area contributed by atoms with Crippen molar-refractivity contribution in [3.63, 3.8) is 0 Å². The van der Waals surface area contributed by atoms with Gasteiger partial charge in [0, 0.05) is 24.5 Å². The summed E-state index contributed by atoms with van der Waals surface area (Å²) in [4.78, 5) is 29.4. The highest BCUT2D eigenvalue weighted by atomic mass is 35.5. The number of benzene rings is 4. The molecular weight excluding hydrogens is 570 g/mol. The number of halogens is 1. The van der Waals surface area contributed by atoms with Crippen LogP contribution < -0.4 is 9.62 Å². The fourth-order valence-corrected chi connectivity index (χ4v) is 6.27. The van der Waals surface area contributed by atoms with Crippen molar-refractivity contribution < 1.29 is 18.0 Å². The first-order valence-electron chi connectivity index (χ1n) is 13.7. The SMILES string of the molecule is CCNC(=O)[C@H](Cc1ccccc1)N(Cc1cccc(C)c1)C(=O)CN(c1ccc(Cl)cc1)S(=O)(=O)c1ccccc1. The molecule has 4 rings (SSSR count). The fourth-order valence-electron chi connectivity index (χ4n) is 4.71. The Morgan fingerprint density at radius 1 is 0.833 bits per heavy atom. The molecule has 0 saturated heterocycles. The third-order valence-corrected chi connectivity index (χ3v) is 8.82.